The van der Waals surface area contributed by atoms with Gasteiger partial charge >= 0.3 is 0 Å². The molecular weight excluding hydrogens is 314 g/mol. The fraction of sp³-hybridized carbons (Fsp3) is 0.667. The molecule has 100 valence electrons. The molecule has 1 fully saturated rings. The smallest absolute Gasteiger partial charge is 0.144 e. The van der Waals surface area contributed by atoms with Gasteiger partial charge in [-0.25, -0.2) is 9.97 Å². The van der Waals surface area contributed by atoms with Crippen molar-refractivity contribution in [2.24, 2.45) is 0 Å². The molecule has 1 aromatic heterocycles. The third kappa shape index (κ3) is 3.36. The molecule has 4 nitrogen and oxygen atoms in total. The molecule has 0 spiro atoms. The molecule has 0 amide bonds. The zero-order valence-corrected chi connectivity index (χ0v) is 13.1. The van der Waals surface area contributed by atoms with E-state index in [1.54, 1.807) is 18.1 Å². The zero-order valence-electron chi connectivity index (χ0n) is 10.6. The quantitative estimate of drug-likeness (QED) is 0.838. The highest BCUT2D eigenvalue weighted by molar-refractivity contribution is 9.10. The van der Waals surface area contributed by atoms with Crippen molar-refractivity contribution in [1.29, 1.82) is 0 Å². The van der Waals surface area contributed by atoms with Crippen LogP contribution in [0, 0.1) is 0 Å². The van der Waals surface area contributed by atoms with Gasteiger partial charge < -0.3 is 10.1 Å². The lowest BCUT2D eigenvalue weighted by Gasteiger charge is -2.15. The van der Waals surface area contributed by atoms with Crippen LogP contribution in [0.5, 0.6) is 0 Å². The zero-order chi connectivity index (χ0) is 13.0. The molecule has 18 heavy (non-hydrogen) atoms. The highest BCUT2D eigenvalue weighted by atomic mass is 79.9. The molecule has 6 heteroatoms. The predicted molar refractivity (Wildman–Crippen MR) is 78.2 cm³/mol. The van der Waals surface area contributed by atoms with Crippen LogP contribution in [0.25, 0.3) is 0 Å². The predicted octanol–water partition coefficient (Wildman–Crippen LogP) is 3.33. The Kier molecular flexibility index (Phi) is 5.26. The first kappa shape index (κ1) is 14.1. The van der Waals surface area contributed by atoms with Gasteiger partial charge in [0.15, 0.2) is 0 Å². The van der Waals surface area contributed by atoms with Gasteiger partial charge in [0.2, 0.25) is 0 Å². The van der Waals surface area contributed by atoms with Crippen LogP contribution in [0.4, 0.5) is 5.82 Å². The molecule has 1 aliphatic heterocycles. The average molecular weight is 332 g/mol. The maximum Gasteiger partial charge on any atom is 0.144 e. The first-order chi connectivity index (χ1) is 8.72. The molecule has 2 unspecified atom stereocenters. The first-order valence-electron chi connectivity index (χ1n) is 6.25. The number of rotatable bonds is 5. The molecule has 2 rings (SSSR count). The van der Waals surface area contributed by atoms with Crippen LogP contribution in [-0.4, -0.2) is 34.5 Å². The molecule has 1 saturated heterocycles. The van der Waals surface area contributed by atoms with Gasteiger partial charge in [0.1, 0.15) is 17.2 Å². The molecule has 1 aliphatic rings. The number of hydrogen-bond acceptors (Lipinski definition) is 5. The summed E-state index contributed by atoms with van der Waals surface area (Å²) < 4.78 is 6.54. The van der Waals surface area contributed by atoms with Crippen molar-refractivity contribution >= 4 is 33.5 Å². The van der Waals surface area contributed by atoms with Gasteiger partial charge in [0, 0.05) is 18.4 Å². The second-order valence-corrected chi connectivity index (χ2v) is 6.31. The maximum atomic E-state index is 5.58. The second-order valence-electron chi connectivity index (χ2n) is 4.29. The van der Waals surface area contributed by atoms with E-state index in [0.29, 0.717) is 11.4 Å². The van der Waals surface area contributed by atoms with Crippen LogP contribution in [0.1, 0.15) is 26.7 Å². The normalized spacial score (nSPS) is 23.3. The van der Waals surface area contributed by atoms with Crippen molar-refractivity contribution in [1.82, 2.24) is 9.97 Å². The first-order valence-corrected chi connectivity index (χ1v) is 7.92. The summed E-state index contributed by atoms with van der Waals surface area (Å²) in [7, 11) is 0. The maximum absolute atomic E-state index is 5.58. The van der Waals surface area contributed by atoms with E-state index in [-0.39, 0.29) is 0 Å². The van der Waals surface area contributed by atoms with Crippen molar-refractivity contribution < 1.29 is 4.74 Å². The van der Waals surface area contributed by atoms with E-state index in [1.165, 1.54) is 0 Å². The Bertz CT molecular complexity index is 405. The third-order valence-electron chi connectivity index (χ3n) is 2.87. The van der Waals surface area contributed by atoms with Gasteiger partial charge in [0.05, 0.1) is 10.6 Å². The number of nitrogens with one attached hydrogen (secondary N) is 1. The lowest BCUT2D eigenvalue weighted by molar-refractivity contribution is 0.127. The van der Waals surface area contributed by atoms with Gasteiger partial charge in [-0.15, -0.1) is 0 Å². The minimum absolute atomic E-state index is 0.295. The summed E-state index contributed by atoms with van der Waals surface area (Å²) >= 11 is 5.36. The molecule has 0 saturated carbocycles. The highest BCUT2D eigenvalue weighted by Gasteiger charge is 2.26. The van der Waals surface area contributed by atoms with Crippen LogP contribution >= 0.6 is 27.7 Å². The van der Waals surface area contributed by atoms with Crippen molar-refractivity contribution in [2.45, 2.75) is 43.1 Å². The van der Waals surface area contributed by atoms with Crippen molar-refractivity contribution in [3.8, 4) is 0 Å². The second kappa shape index (κ2) is 6.73. The molecule has 2 atom stereocenters. The monoisotopic (exact) mass is 331 g/mol. The summed E-state index contributed by atoms with van der Waals surface area (Å²) in [5, 5.41) is 4.77. The molecule has 0 aliphatic carbocycles. The number of nitrogens with zero attached hydrogens (tertiary/aromatic N) is 2. The third-order valence-corrected chi connectivity index (χ3v) is 5.34. The van der Waals surface area contributed by atoms with Gasteiger partial charge in [-0.1, -0.05) is 18.7 Å². The van der Waals surface area contributed by atoms with E-state index in [0.717, 1.165) is 41.3 Å². The number of anilines is 1. The summed E-state index contributed by atoms with van der Waals surface area (Å²) in [6, 6.07) is 0. The van der Waals surface area contributed by atoms with Crippen LogP contribution in [-0.2, 0) is 4.74 Å². The van der Waals surface area contributed by atoms with Gasteiger partial charge in [-0.3, -0.25) is 0 Å². The average Bonchev–Trinajstić information content (AvgIpc) is 2.76. The van der Waals surface area contributed by atoms with E-state index in [1.807, 2.05) is 0 Å². The molecule has 0 radical (unpaired) electrons. The highest BCUT2D eigenvalue weighted by Crippen LogP contribution is 2.37. The van der Waals surface area contributed by atoms with Crippen molar-refractivity contribution in [3.05, 3.63) is 10.8 Å². The Morgan fingerprint density at radius 3 is 3.06 bits per heavy atom. The van der Waals surface area contributed by atoms with Crippen molar-refractivity contribution in [3.63, 3.8) is 0 Å². The number of halogens is 1. The summed E-state index contributed by atoms with van der Waals surface area (Å²) in [6.07, 6.45) is 4.07. The number of thioether (sulfide) groups is 1. The Morgan fingerprint density at radius 1 is 1.56 bits per heavy atom. The van der Waals surface area contributed by atoms with Crippen LogP contribution in [0.15, 0.2) is 15.8 Å². The molecule has 0 bridgehead atoms. The number of aromatic nitrogens is 2. The topological polar surface area (TPSA) is 47.0 Å². The lowest BCUT2D eigenvalue weighted by Crippen LogP contribution is -2.13. The van der Waals surface area contributed by atoms with Crippen LogP contribution < -0.4 is 5.32 Å². The summed E-state index contributed by atoms with van der Waals surface area (Å²) in [6.45, 7) is 6.02. The number of hydrogen-bond donors (Lipinski definition) is 1. The summed E-state index contributed by atoms with van der Waals surface area (Å²) in [5.41, 5.74) is 0. The van der Waals surface area contributed by atoms with Gasteiger partial charge in [-0.05, 0) is 35.7 Å². The number of ether oxygens (including phenoxy) is 1. The Balaban J connectivity index is 2.07. The largest absolute Gasteiger partial charge is 0.377 e. The Hall–Kier alpha value is -0.330. The van der Waals surface area contributed by atoms with Crippen LogP contribution in [0.2, 0.25) is 0 Å². The fourth-order valence-electron chi connectivity index (χ4n) is 1.81. The minimum atomic E-state index is 0.295. The molecule has 2 heterocycles. The standard InChI is InChI=1S/C12H18BrN3OS/c1-3-5-14-11-10(13)12(16-7-15-11)18-9-4-6-17-8(9)2/h7-9H,3-6H2,1-2H3,(H,14,15,16). The van der Waals surface area contributed by atoms with Crippen molar-refractivity contribution in [2.75, 3.05) is 18.5 Å². The molecular formula is C12H18BrN3OS. The Labute approximate surface area is 120 Å². The molecule has 1 aromatic rings. The van der Waals surface area contributed by atoms with Gasteiger partial charge in [0.25, 0.3) is 0 Å². The summed E-state index contributed by atoms with van der Waals surface area (Å²) in [4.78, 5) is 8.61. The van der Waals surface area contributed by atoms with E-state index in [9.17, 15) is 0 Å². The van der Waals surface area contributed by atoms with Gasteiger partial charge in [-0.2, -0.15) is 0 Å². The van der Waals surface area contributed by atoms with E-state index >= 15 is 0 Å². The van der Waals surface area contributed by atoms with E-state index in [4.69, 9.17) is 4.74 Å². The van der Waals surface area contributed by atoms with E-state index < -0.39 is 0 Å². The van der Waals surface area contributed by atoms with Crippen LogP contribution in [0.3, 0.4) is 0 Å². The van der Waals surface area contributed by atoms with E-state index in [2.05, 4.69) is 45.1 Å². The SMILES string of the molecule is CCCNc1ncnc(SC2CCOC2C)c1Br. The molecule has 0 aromatic carbocycles. The Morgan fingerprint density at radius 2 is 2.39 bits per heavy atom. The minimum Gasteiger partial charge on any atom is -0.377 e. The molecule has 1 N–H and O–H groups in total. The fourth-order valence-corrected chi connectivity index (χ4v) is 3.52. The summed E-state index contributed by atoms with van der Waals surface area (Å²) in [5.74, 6) is 0.876. The lowest BCUT2D eigenvalue weighted by atomic mass is 10.3.